The van der Waals surface area contributed by atoms with Crippen LogP contribution in [-0.2, 0) is 0 Å². The summed E-state index contributed by atoms with van der Waals surface area (Å²) in [5.41, 5.74) is 3.42. The number of fused-ring (bicyclic) bond motifs is 1. The SMILES string of the molecule is Cc1nn(-c2ccccc2)c2c1C(c1cccc([N+](=O)[O-])c1)N(C)C(c1ccccc1F)=N2. The van der Waals surface area contributed by atoms with Gasteiger partial charge in [-0.25, -0.2) is 14.1 Å². The maximum absolute atomic E-state index is 14.8. The molecule has 0 spiro atoms. The standard InChI is InChI=1S/C25H20FN5O2/c1-16-22-23(17-9-8-12-19(15-17)31(32)33)29(2)24(20-13-6-7-14-21(20)26)27-25(22)30(28-16)18-10-4-3-5-11-18/h3-15,23H,1-2H3. The zero-order valence-electron chi connectivity index (χ0n) is 18.0. The molecule has 33 heavy (non-hydrogen) atoms. The predicted molar refractivity (Wildman–Crippen MR) is 124 cm³/mol. The van der Waals surface area contributed by atoms with Crippen LogP contribution in [0.15, 0.2) is 83.9 Å². The Labute approximate surface area is 189 Å². The molecule has 1 unspecified atom stereocenters. The number of benzene rings is 3. The van der Waals surface area contributed by atoms with Gasteiger partial charge in [0.15, 0.2) is 5.82 Å². The quantitative estimate of drug-likeness (QED) is 0.316. The predicted octanol–water partition coefficient (Wildman–Crippen LogP) is 5.34. The lowest BCUT2D eigenvalue weighted by Gasteiger charge is -2.35. The minimum atomic E-state index is -0.440. The number of amidine groups is 1. The van der Waals surface area contributed by atoms with Crippen LogP contribution in [0.1, 0.15) is 28.4 Å². The van der Waals surface area contributed by atoms with E-state index in [-0.39, 0.29) is 5.69 Å². The van der Waals surface area contributed by atoms with E-state index >= 15 is 0 Å². The van der Waals surface area contributed by atoms with Crippen LogP contribution in [0.25, 0.3) is 5.69 Å². The molecule has 5 rings (SSSR count). The summed E-state index contributed by atoms with van der Waals surface area (Å²) < 4.78 is 16.6. The van der Waals surface area contributed by atoms with Crippen LogP contribution in [0, 0.1) is 22.9 Å². The first kappa shape index (κ1) is 20.6. The smallest absolute Gasteiger partial charge is 0.269 e. The van der Waals surface area contributed by atoms with Crippen LogP contribution in [0.3, 0.4) is 0 Å². The molecule has 1 atom stereocenters. The molecule has 1 aliphatic rings. The van der Waals surface area contributed by atoms with Crippen LogP contribution < -0.4 is 0 Å². The number of rotatable bonds is 4. The molecule has 1 aliphatic heterocycles. The van der Waals surface area contributed by atoms with Gasteiger partial charge in [-0.3, -0.25) is 10.1 Å². The first-order chi connectivity index (χ1) is 16.0. The van der Waals surface area contributed by atoms with E-state index < -0.39 is 16.8 Å². The summed E-state index contributed by atoms with van der Waals surface area (Å²) in [6.07, 6.45) is 0. The summed E-state index contributed by atoms with van der Waals surface area (Å²) in [5.74, 6) is 0.604. The number of nitro groups is 1. The van der Waals surface area contributed by atoms with Crippen molar-refractivity contribution in [3.05, 3.63) is 117 Å². The van der Waals surface area contributed by atoms with Crippen molar-refractivity contribution in [2.45, 2.75) is 13.0 Å². The Balaban J connectivity index is 1.79. The maximum atomic E-state index is 14.8. The second kappa shape index (κ2) is 7.98. The van der Waals surface area contributed by atoms with Gasteiger partial charge < -0.3 is 4.90 Å². The molecule has 3 aromatic carbocycles. The molecular weight excluding hydrogens is 421 g/mol. The zero-order chi connectivity index (χ0) is 23.1. The highest BCUT2D eigenvalue weighted by Crippen LogP contribution is 2.43. The van der Waals surface area contributed by atoms with Gasteiger partial charge in [-0.2, -0.15) is 5.10 Å². The second-order valence-electron chi connectivity index (χ2n) is 7.85. The average Bonchev–Trinajstić information content (AvgIpc) is 3.15. The molecule has 0 aliphatic carbocycles. The molecule has 8 heteroatoms. The third kappa shape index (κ3) is 3.45. The Morgan fingerprint density at radius 2 is 1.73 bits per heavy atom. The highest BCUT2D eigenvalue weighted by atomic mass is 19.1. The molecular formula is C25H20FN5O2. The van der Waals surface area contributed by atoms with Crippen molar-refractivity contribution in [1.29, 1.82) is 0 Å². The number of para-hydroxylation sites is 1. The largest absolute Gasteiger partial charge is 0.348 e. The minimum Gasteiger partial charge on any atom is -0.348 e. The maximum Gasteiger partial charge on any atom is 0.269 e. The third-order valence-corrected chi connectivity index (χ3v) is 5.80. The van der Waals surface area contributed by atoms with Crippen molar-refractivity contribution in [3.8, 4) is 5.69 Å². The van der Waals surface area contributed by atoms with Crippen LogP contribution in [0.5, 0.6) is 0 Å². The van der Waals surface area contributed by atoms with Crippen molar-refractivity contribution < 1.29 is 9.31 Å². The van der Waals surface area contributed by atoms with Crippen LogP contribution in [0.2, 0.25) is 0 Å². The lowest BCUT2D eigenvalue weighted by Crippen LogP contribution is -2.36. The van der Waals surface area contributed by atoms with Gasteiger partial charge in [0.05, 0.1) is 27.9 Å². The summed E-state index contributed by atoms with van der Waals surface area (Å²) >= 11 is 0. The number of aliphatic imine (C=N–C) groups is 1. The number of hydrogen-bond donors (Lipinski definition) is 0. The van der Waals surface area contributed by atoms with Gasteiger partial charge in [-0.15, -0.1) is 0 Å². The number of aromatic nitrogens is 2. The molecule has 4 aromatic rings. The number of nitrogens with zero attached hydrogens (tertiary/aromatic N) is 5. The second-order valence-corrected chi connectivity index (χ2v) is 7.85. The molecule has 0 bridgehead atoms. The van der Waals surface area contributed by atoms with E-state index in [9.17, 15) is 14.5 Å². The number of non-ortho nitro benzene ring substituents is 1. The lowest BCUT2D eigenvalue weighted by atomic mass is 9.94. The number of halogens is 1. The molecule has 7 nitrogen and oxygen atoms in total. The minimum absolute atomic E-state index is 0.00879. The first-order valence-electron chi connectivity index (χ1n) is 10.4. The fourth-order valence-electron chi connectivity index (χ4n) is 4.29. The molecule has 0 radical (unpaired) electrons. The highest BCUT2D eigenvalue weighted by molar-refractivity contribution is 6.02. The van der Waals surface area contributed by atoms with Gasteiger partial charge in [0.1, 0.15) is 11.7 Å². The van der Waals surface area contributed by atoms with Crippen molar-refractivity contribution >= 4 is 17.3 Å². The molecule has 0 N–H and O–H groups in total. The van der Waals surface area contributed by atoms with Crippen LogP contribution in [0.4, 0.5) is 15.9 Å². The molecule has 0 fully saturated rings. The molecule has 0 amide bonds. The number of hydrogen-bond acceptors (Lipinski definition) is 5. The van der Waals surface area contributed by atoms with E-state index in [1.165, 1.54) is 12.1 Å². The summed E-state index contributed by atoms with van der Waals surface area (Å²) in [5, 5.41) is 16.2. The highest BCUT2D eigenvalue weighted by Gasteiger charge is 2.36. The molecule has 0 saturated carbocycles. The molecule has 0 saturated heterocycles. The Morgan fingerprint density at radius 3 is 2.45 bits per heavy atom. The van der Waals surface area contributed by atoms with Crippen molar-refractivity contribution in [2.24, 2.45) is 4.99 Å². The van der Waals surface area contributed by atoms with E-state index in [0.717, 1.165) is 16.9 Å². The van der Waals surface area contributed by atoms with Gasteiger partial charge in [0.25, 0.3) is 5.69 Å². The molecule has 164 valence electrons. The fourth-order valence-corrected chi connectivity index (χ4v) is 4.29. The van der Waals surface area contributed by atoms with Gasteiger partial charge in [-0.1, -0.05) is 42.5 Å². The van der Waals surface area contributed by atoms with E-state index in [1.54, 1.807) is 35.0 Å². The zero-order valence-corrected chi connectivity index (χ0v) is 18.0. The van der Waals surface area contributed by atoms with Crippen LogP contribution >= 0.6 is 0 Å². The summed E-state index contributed by atoms with van der Waals surface area (Å²) in [7, 11) is 1.82. The van der Waals surface area contributed by atoms with E-state index in [4.69, 9.17) is 10.1 Å². The fraction of sp³-hybridized carbons (Fsp3) is 0.120. The average molecular weight is 441 g/mol. The summed E-state index contributed by atoms with van der Waals surface area (Å²) in [6, 6.07) is 22.1. The van der Waals surface area contributed by atoms with Gasteiger partial charge in [-0.05, 0) is 36.8 Å². The van der Waals surface area contributed by atoms with E-state index in [2.05, 4.69) is 0 Å². The number of nitro benzene ring substituents is 1. The summed E-state index contributed by atoms with van der Waals surface area (Å²) in [6.45, 7) is 1.89. The van der Waals surface area contributed by atoms with E-state index in [1.807, 2.05) is 55.3 Å². The monoisotopic (exact) mass is 441 g/mol. The van der Waals surface area contributed by atoms with Crippen molar-refractivity contribution in [1.82, 2.24) is 14.7 Å². The molecule has 1 aromatic heterocycles. The Hall–Kier alpha value is -4.33. The van der Waals surface area contributed by atoms with Gasteiger partial charge >= 0.3 is 0 Å². The Morgan fingerprint density at radius 1 is 1.00 bits per heavy atom. The number of aryl methyl sites for hydroxylation is 1. The first-order valence-corrected chi connectivity index (χ1v) is 10.4. The third-order valence-electron chi connectivity index (χ3n) is 5.80. The van der Waals surface area contributed by atoms with Crippen molar-refractivity contribution in [2.75, 3.05) is 7.05 Å². The summed E-state index contributed by atoms with van der Waals surface area (Å²) in [4.78, 5) is 17.7. The van der Waals surface area contributed by atoms with Gasteiger partial charge in [0.2, 0.25) is 0 Å². The van der Waals surface area contributed by atoms with E-state index in [0.29, 0.717) is 22.8 Å². The molecule has 2 heterocycles. The normalized spacial score (nSPS) is 15.2. The van der Waals surface area contributed by atoms with Gasteiger partial charge in [0, 0.05) is 24.7 Å². The topological polar surface area (TPSA) is 76.6 Å². The van der Waals surface area contributed by atoms with Crippen LogP contribution in [-0.4, -0.2) is 32.5 Å². The Bertz CT molecular complexity index is 1400. The van der Waals surface area contributed by atoms with Crippen molar-refractivity contribution in [3.63, 3.8) is 0 Å². The Kier molecular flexibility index (Phi) is 4.97. The lowest BCUT2D eigenvalue weighted by molar-refractivity contribution is -0.384.